The molecule has 4 rings (SSSR count). The summed E-state index contributed by atoms with van der Waals surface area (Å²) in [6.45, 7) is 1.41. The molecule has 0 saturated carbocycles. The number of methoxy groups -OCH3 is 1. The molecule has 4 aromatic carbocycles. The Bertz CT molecular complexity index is 984. The van der Waals surface area contributed by atoms with Crippen molar-refractivity contribution in [2.45, 2.75) is 19.4 Å². The zero-order chi connectivity index (χ0) is 22.8. The zero-order valence-electron chi connectivity index (χ0n) is 19.3. The molecule has 2 nitrogen and oxygen atoms in total. The van der Waals surface area contributed by atoms with Crippen molar-refractivity contribution in [1.29, 1.82) is 0 Å². The Morgan fingerprint density at radius 2 is 1.06 bits per heavy atom. The molecule has 0 aromatic heterocycles. The summed E-state index contributed by atoms with van der Waals surface area (Å²) in [6, 6.07) is 41.5. The molecular weight excluding hydrogens is 423 g/mol. The van der Waals surface area contributed by atoms with Gasteiger partial charge in [0.2, 0.25) is 0 Å². The van der Waals surface area contributed by atoms with E-state index in [1.807, 2.05) is 12.1 Å². The second-order valence-electron chi connectivity index (χ2n) is 8.36. The first-order chi connectivity index (χ1) is 16.3. The standard InChI is InChI=1S/C30H33O2P/c1-31-27-21-19-26(20-22-27)25-32-23-11-12-24-33(28-13-5-2-6-14-28,29-15-7-3-8-16-29)30-17-9-4-10-18-30/h2-10,13-22,33H,11-12,23-25H2,1H3. The van der Waals surface area contributed by atoms with Crippen molar-refractivity contribution >= 4 is 23.2 Å². The number of ether oxygens (including phenoxy) is 2. The Kier molecular flexibility index (Phi) is 8.30. The summed E-state index contributed by atoms with van der Waals surface area (Å²) in [5.74, 6) is 0.878. The number of rotatable bonds is 11. The Hall–Kier alpha value is -2.93. The molecule has 0 radical (unpaired) electrons. The van der Waals surface area contributed by atoms with Crippen LogP contribution in [0.15, 0.2) is 115 Å². The summed E-state index contributed by atoms with van der Waals surface area (Å²) >= 11 is 0. The molecule has 0 aliphatic rings. The van der Waals surface area contributed by atoms with E-state index in [9.17, 15) is 0 Å². The maximum atomic E-state index is 6.00. The summed E-state index contributed by atoms with van der Waals surface area (Å²) < 4.78 is 11.2. The minimum atomic E-state index is -2.13. The van der Waals surface area contributed by atoms with Gasteiger partial charge in [-0.15, -0.1) is 0 Å². The van der Waals surface area contributed by atoms with Gasteiger partial charge in [0.15, 0.2) is 0 Å². The number of hydrogen-bond donors (Lipinski definition) is 0. The molecule has 0 bridgehead atoms. The van der Waals surface area contributed by atoms with E-state index in [1.165, 1.54) is 21.5 Å². The van der Waals surface area contributed by atoms with Crippen LogP contribution in [0.5, 0.6) is 5.75 Å². The Morgan fingerprint density at radius 3 is 1.52 bits per heavy atom. The van der Waals surface area contributed by atoms with Crippen molar-refractivity contribution in [2.75, 3.05) is 19.9 Å². The van der Waals surface area contributed by atoms with Crippen LogP contribution in [0.4, 0.5) is 0 Å². The second-order valence-corrected chi connectivity index (χ2v) is 12.4. The van der Waals surface area contributed by atoms with E-state index in [1.54, 1.807) is 7.11 Å². The normalized spacial score (nSPS) is 11.8. The van der Waals surface area contributed by atoms with Gasteiger partial charge in [0.05, 0.1) is 0 Å². The molecule has 4 aromatic rings. The van der Waals surface area contributed by atoms with Gasteiger partial charge >= 0.3 is 199 Å². The summed E-state index contributed by atoms with van der Waals surface area (Å²) in [5.41, 5.74) is 1.18. The quantitative estimate of drug-likeness (QED) is 0.212. The molecule has 0 unspecified atom stereocenters. The van der Waals surface area contributed by atoms with Gasteiger partial charge in [-0.1, -0.05) is 0 Å². The fourth-order valence-corrected chi connectivity index (χ4v) is 9.54. The average Bonchev–Trinajstić information content (AvgIpc) is 2.90. The van der Waals surface area contributed by atoms with E-state index >= 15 is 0 Å². The molecule has 0 amide bonds. The topological polar surface area (TPSA) is 18.5 Å². The van der Waals surface area contributed by atoms with Crippen LogP contribution < -0.4 is 20.7 Å². The van der Waals surface area contributed by atoms with E-state index in [-0.39, 0.29) is 0 Å². The van der Waals surface area contributed by atoms with Crippen molar-refractivity contribution in [3.05, 3.63) is 121 Å². The van der Waals surface area contributed by atoms with Gasteiger partial charge in [-0.2, -0.15) is 0 Å². The molecule has 3 heteroatoms. The third-order valence-electron chi connectivity index (χ3n) is 6.32. The fraction of sp³-hybridized carbons (Fsp3) is 0.200. The van der Waals surface area contributed by atoms with Crippen LogP contribution in [0.3, 0.4) is 0 Å². The van der Waals surface area contributed by atoms with Gasteiger partial charge in [-0.3, -0.25) is 0 Å². The fourth-order valence-electron chi connectivity index (χ4n) is 4.61. The van der Waals surface area contributed by atoms with Crippen LogP contribution in [0.2, 0.25) is 0 Å². The predicted octanol–water partition coefficient (Wildman–Crippen LogP) is 5.72. The Labute approximate surface area is 198 Å². The van der Waals surface area contributed by atoms with Gasteiger partial charge < -0.3 is 0 Å². The van der Waals surface area contributed by atoms with Crippen LogP contribution in [-0.2, 0) is 11.3 Å². The molecule has 0 spiro atoms. The van der Waals surface area contributed by atoms with Gasteiger partial charge in [-0.05, 0) is 0 Å². The first-order valence-corrected chi connectivity index (χ1v) is 13.9. The molecule has 0 saturated heterocycles. The SMILES string of the molecule is COc1ccc(COCCCC[PH](c2ccccc2)(c2ccccc2)c2ccccc2)cc1. The van der Waals surface area contributed by atoms with Crippen LogP contribution in [-0.4, -0.2) is 19.9 Å². The summed E-state index contributed by atoms with van der Waals surface area (Å²) in [6.07, 6.45) is 3.35. The second kappa shape index (κ2) is 11.8. The molecule has 0 aliphatic heterocycles. The van der Waals surface area contributed by atoms with Gasteiger partial charge in [0, 0.05) is 0 Å². The maximum absolute atomic E-state index is 6.00. The molecule has 0 fully saturated rings. The van der Waals surface area contributed by atoms with Gasteiger partial charge in [0.1, 0.15) is 0 Å². The molecule has 170 valence electrons. The summed E-state index contributed by atoms with van der Waals surface area (Å²) in [5, 5.41) is 4.42. The van der Waals surface area contributed by atoms with Crippen LogP contribution >= 0.6 is 7.26 Å². The van der Waals surface area contributed by atoms with Crippen molar-refractivity contribution in [2.24, 2.45) is 0 Å². The molecule has 0 N–H and O–H groups in total. The van der Waals surface area contributed by atoms with Crippen LogP contribution in [0.25, 0.3) is 0 Å². The third-order valence-corrected chi connectivity index (χ3v) is 11.4. The average molecular weight is 457 g/mol. The first-order valence-electron chi connectivity index (χ1n) is 11.7. The first kappa shape index (κ1) is 23.2. The minimum absolute atomic E-state index is 0.641. The molecule has 0 aliphatic carbocycles. The van der Waals surface area contributed by atoms with Crippen molar-refractivity contribution in [1.82, 2.24) is 0 Å². The Morgan fingerprint density at radius 1 is 0.576 bits per heavy atom. The van der Waals surface area contributed by atoms with Crippen molar-refractivity contribution in [3.63, 3.8) is 0 Å². The van der Waals surface area contributed by atoms with Crippen molar-refractivity contribution < 1.29 is 9.47 Å². The summed E-state index contributed by atoms with van der Waals surface area (Å²) in [7, 11) is -0.438. The monoisotopic (exact) mass is 456 g/mol. The van der Waals surface area contributed by atoms with E-state index in [4.69, 9.17) is 9.47 Å². The molecule has 33 heavy (non-hydrogen) atoms. The molecule has 0 atom stereocenters. The number of hydrogen-bond acceptors (Lipinski definition) is 2. The van der Waals surface area contributed by atoms with Crippen LogP contribution in [0, 0.1) is 0 Å². The van der Waals surface area contributed by atoms with E-state index in [0.717, 1.165) is 31.4 Å². The molecular formula is C30H33O2P. The summed E-state index contributed by atoms with van der Waals surface area (Å²) in [4.78, 5) is 0. The van der Waals surface area contributed by atoms with Gasteiger partial charge in [0.25, 0.3) is 0 Å². The Balaban J connectivity index is 1.48. The van der Waals surface area contributed by atoms with Crippen molar-refractivity contribution in [3.8, 4) is 5.75 Å². The van der Waals surface area contributed by atoms with Crippen LogP contribution in [0.1, 0.15) is 18.4 Å². The number of benzene rings is 4. The van der Waals surface area contributed by atoms with E-state index in [2.05, 4.69) is 103 Å². The number of unbranched alkanes of at least 4 members (excludes halogenated alkanes) is 1. The predicted molar refractivity (Wildman–Crippen MR) is 143 cm³/mol. The van der Waals surface area contributed by atoms with E-state index < -0.39 is 7.26 Å². The van der Waals surface area contributed by atoms with E-state index in [0.29, 0.717) is 6.61 Å². The molecule has 0 heterocycles. The zero-order valence-corrected chi connectivity index (χ0v) is 20.3. The third kappa shape index (κ3) is 5.71. The van der Waals surface area contributed by atoms with Gasteiger partial charge in [-0.25, -0.2) is 0 Å².